The number of benzene rings is 2. The summed E-state index contributed by atoms with van der Waals surface area (Å²) in [7, 11) is 0. The second-order valence-electron chi connectivity index (χ2n) is 11.1. The van der Waals surface area contributed by atoms with E-state index < -0.39 is 59.9 Å². The molecule has 1 aliphatic heterocycles. The van der Waals surface area contributed by atoms with Crippen LogP contribution in [0.25, 0.3) is 0 Å². The maximum Gasteiger partial charge on any atom is 0.252 e. The fourth-order valence-electron chi connectivity index (χ4n) is 6.36. The number of hydrogen-bond acceptors (Lipinski definition) is 5. The van der Waals surface area contributed by atoms with Crippen LogP contribution in [0.5, 0.6) is 0 Å². The molecule has 8 nitrogen and oxygen atoms in total. The summed E-state index contributed by atoms with van der Waals surface area (Å²) in [6.07, 6.45) is 0.723. The Kier molecular flexibility index (Phi) is 7.13. The SMILES string of the molecule is N#Cc1ccnc(N2C(=O)CC[C@H]2C(=O)N(c2cccc(F)c2)[C@]2(C(=O)NC3CC(F)(F)C3)CCc3ccc(Cl)cc32)c1. The van der Waals surface area contributed by atoms with Crippen molar-refractivity contribution in [2.24, 2.45) is 0 Å². The fourth-order valence-corrected chi connectivity index (χ4v) is 6.54. The Morgan fingerprint density at radius 1 is 1.12 bits per heavy atom. The normalized spacial score (nSPS) is 22.4. The Hall–Kier alpha value is -4.43. The monoisotopic (exact) mass is 607 g/mol. The first-order valence-electron chi connectivity index (χ1n) is 13.8. The first-order valence-corrected chi connectivity index (χ1v) is 14.2. The number of carbonyl (C=O) groups is 3. The van der Waals surface area contributed by atoms with Crippen LogP contribution in [0.4, 0.5) is 24.7 Å². The lowest BCUT2D eigenvalue weighted by Crippen LogP contribution is -2.64. The maximum atomic E-state index is 14.8. The molecule has 1 N–H and O–H groups in total. The second-order valence-corrected chi connectivity index (χ2v) is 11.5. The van der Waals surface area contributed by atoms with Crippen LogP contribution in [-0.4, -0.2) is 40.7 Å². The maximum absolute atomic E-state index is 14.8. The van der Waals surface area contributed by atoms with Crippen LogP contribution in [0, 0.1) is 17.1 Å². The molecule has 3 amide bonds. The molecule has 1 saturated carbocycles. The van der Waals surface area contributed by atoms with Crippen LogP contribution in [-0.2, 0) is 26.3 Å². The molecule has 12 heteroatoms. The Labute approximate surface area is 250 Å². The minimum absolute atomic E-state index is 0.00930. The van der Waals surface area contributed by atoms with Crippen LogP contribution in [0.15, 0.2) is 60.8 Å². The van der Waals surface area contributed by atoms with Crippen LogP contribution < -0.4 is 15.1 Å². The number of anilines is 2. The zero-order valence-electron chi connectivity index (χ0n) is 22.7. The number of nitriles is 1. The molecule has 0 unspecified atom stereocenters. The van der Waals surface area contributed by atoms with E-state index in [0.29, 0.717) is 12.0 Å². The van der Waals surface area contributed by atoms with Crippen molar-refractivity contribution >= 4 is 40.8 Å². The number of aryl methyl sites for hydroxylation is 1. The van der Waals surface area contributed by atoms with E-state index in [1.807, 2.05) is 6.07 Å². The highest BCUT2D eigenvalue weighted by atomic mass is 35.5. The van der Waals surface area contributed by atoms with Crippen molar-refractivity contribution in [1.29, 1.82) is 5.26 Å². The van der Waals surface area contributed by atoms with E-state index in [-0.39, 0.29) is 41.4 Å². The molecule has 2 aromatic carbocycles. The molecule has 2 fully saturated rings. The van der Waals surface area contributed by atoms with Crippen molar-refractivity contribution < 1.29 is 27.6 Å². The number of nitrogens with zero attached hydrogens (tertiary/aromatic N) is 4. The third-order valence-corrected chi connectivity index (χ3v) is 8.60. The molecule has 220 valence electrons. The highest BCUT2D eigenvalue weighted by molar-refractivity contribution is 6.30. The van der Waals surface area contributed by atoms with Gasteiger partial charge in [0, 0.05) is 42.2 Å². The zero-order chi connectivity index (χ0) is 30.5. The number of halogens is 4. The zero-order valence-corrected chi connectivity index (χ0v) is 23.5. The van der Waals surface area contributed by atoms with Gasteiger partial charge in [-0.3, -0.25) is 24.2 Å². The predicted molar refractivity (Wildman–Crippen MR) is 151 cm³/mol. The van der Waals surface area contributed by atoms with Crippen molar-refractivity contribution in [2.75, 3.05) is 9.80 Å². The van der Waals surface area contributed by atoms with Gasteiger partial charge in [-0.25, -0.2) is 18.2 Å². The first-order chi connectivity index (χ1) is 20.5. The molecule has 1 aromatic heterocycles. The summed E-state index contributed by atoms with van der Waals surface area (Å²) >= 11 is 6.39. The number of amides is 3. The number of hydrogen-bond donors (Lipinski definition) is 1. The lowest BCUT2D eigenvalue weighted by atomic mass is 9.83. The van der Waals surface area contributed by atoms with Gasteiger partial charge >= 0.3 is 0 Å². The largest absolute Gasteiger partial charge is 0.351 e. The lowest BCUT2D eigenvalue weighted by Gasteiger charge is -2.45. The Bertz CT molecular complexity index is 1690. The summed E-state index contributed by atoms with van der Waals surface area (Å²) in [5.74, 6) is -5.30. The molecular weight excluding hydrogens is 583 g/mol. The highest BCUT2D eigenvalue weighted by Gasteiger charge is 2.57. The van der Waals surface area contributed by atoms with Crippen molar-refractivity contribution in [2.45, 2.75) is 62.1 Å². The average Bonchev–Trinajstić information content (AvgIpc) is 3.53. The van der Waals surface area contributed by atoms with Crippen molar-refractivity contribution in [3.05, 3.63) is 88.3 Å². The Morgan fingerprint density at radius 3 is 2.63 bits per heavy atom. The van der Waals surface area contributed by atoms with Gasteiger partial charge in [-0.05, 0) is 72.9 Å². The molecule has 0 bridgehead atoms. The molecular formula is C31H25ClF3N5O3. The van der Waals surface area contributed by atoms with E-state index in [1.165, 1.54) is 46.3 Å². The third kappa shape index (κ3) is 4.99. The summed E-state index contributed by atoms with van der Waals surface area (Å²) in [5.41, 5.74) is -0.415. The molecule has 43 heavy (non-hydrogen) atoms. The molecule has 2 heterocycles. The quantitative estimate of drug-likeness (QED) is 0.423. The van der Waals surface area contributed by atoms with E-state index in [2.05, 4.69) is 10.3 Å². The lowest BCUT2D eigenvalue weighted by molar-refractivity contribution is -0.137. The van der Waals surface area contributed by atoms with E-state index in [0.717, 1.165) is 11.6 Å². The van der Waals surface area contributed by atoms with Gasteiger partial charge in [-0.2, -0.15) is 5.26 Å². The molecule has 0 radical (unpaired) electrons. The Balaban J connectivity index is 1.51. The summed E-state index contributed by atoms with van der Waals surface area (Å²) in [5, 5.41) is 12.4. The number of carbonyl (C=O) groups excluding carboxylic acids is 3. The van der Waals surface area contributed by atoms with E-state index >= 15 is 0 Å². The molecule has 3 aromatic rings. The number of nitrogens with one attached hydrogen (secondary N) is 1. The Morgan fingerprint density at radius 2 is 1.91 bits per heavy atom. The topological polar surface area (TPSA) is 106 Å². The van der Waals surface area contributed by atoms with Gasteiger partial charge in [0.1, 0.15) is 17.7 Å². The molecule has 2 aliphatic carbocycles. The summed E-state index contributed by atoms with van der Waals surface area (Å²) in [4.78, 5) is 48.9. The first kappa shape index (κ1) is 28.7. The minimum Gasteiger partial charge on any atom is -0.351 e. The van der Waals surface area contributed by atoms with Crippen molar-refractivity contribution in [1.82, 2.24) is 10.3 Å². The highest BCUT2D eigenvalue weighted by Crippen LogP contribution is 2.47. The van der Waals surface area contributed by atoms with Crippen LogP contribution in [0.1, 0.15) is 48.8 Å². The number of aromatic nitrogens is 1. The fraction of sp³-hybridized carbons (Fsp3) is 0.323. The van der Waals surface area contributed by atoms with Gasteiger partial charge in [-0.15, -0.1) is 0 Å². The molecule has 2 atom stereocenters. The number of alkyl halides is 2. The standard InChI is InChI=1S/C31H25ClF3N5O3/c32-20-5-4-19-8-10-31(24(19)13-20,29(43)38-22-15-30(34,35)16-22)40(23-3-1-2-21(33)14-23)28(42)25-6-7-27(41)39(25)26-12-18(17-36)9-11-37-26/h1-5,9,11-14,22,25H,6-8,10,15-16H2,(H,38,43)/t25-,31+/m0/s1. The van der Waals surface area contributed by atoms with E-state index in [1.54, 1.807) is 18.2 Å². The number of fused-ring (bicyclic) bond motifs is 1. The average molecular weight is 608 g/mol. The molecule has 1 saturated heterocycles. The molecule has 3 aliphatic rings. The third-order valence-electron chi connectivity index (χ3n) is 8.36. The smallest absolute Gasteiger partial charge is 0.252 e. The summed E-state index contributed by atoms with van der Waals surface area (Å²) < 4.78 is 42.3. The number of rotatable bonds is 6. The van der Waals surface area contributed by atoms with Gasteiger partial charge in [0.25, 0.3) is 17.7 Å². The predicted octanol–water partition coefficient (Wildman–Crippen LogP) is 5.03. The second kappa shape index (κ2) is 10.7. The van der Waals surface area contributed by atoms with E-state index in [4.69, 9.17) is 11.6 Å². The molecule has 0 spiro atoms. The van der Waals surface area contributed by atoms with Gasteiger partial charge in [0.05, 0.1) is 11.6 Å². The van der Waals surface area contributed by atoms with Gasteiger partial charge in [0.2, 0.25) is 5.91 Å². The van der Waals surface area contributed by atoms with Crippen molar-refractivity contribution in [3.63, 3.8) is 0 Å². The van der Waals surface area contributed by atoms with Crippen molar-refractivity contribution in [3.8, 4) is 6.07 Å². The summed E-state index contributed by atoms with van der Waals surface area (Å²) in [6.45, 7) is 0. The number of pyridine rings is 1. The van der Waals surface area contributed by atoms with Crippen LogP contribution in [0.3, 0.4) is 0 Å². The summed E-state index contributed by atoms with van der Waals surface area (Å²) in [6, 6.07) is 13.0. The van der Waals surface area contributed by atoms with E-state index in [9.17, 15) is 32.8 Å². The van der Waals surface area contributed by atoms with Gasteiger partial charge in [0.15, 0.2) is 5.54 Å². The molecule has 6 rings (SSSR count). The minimum atomic E-state index is -2.91. The van der Waals surface area contributed by atoms with Crippen LogP contribution >= 0.6 is 11.6 Å². The van der Waals surface area contributed by atoms with Crippen LogP contribution in [0.2, 0.25) is 5.02 Å². The van der Waals surface area contributed by atoms with Gasteiger partial charge in [-0.1, -0.05) is 23.7 Å². The van der Waals surface area contributed by atoms with Gasteiger partial charge < -0.3 is 5.32 Å².